The summed E-state index contributed by atoms with van der Waals surface area (Å²) < 4.78 is 25.7. The Labute approximate surface area is 121 Å². The lowest BCUT2D eigenvalue weighted by molar-refractivity contribution is -0.141. The molecule has 1 aliphatic heterocycles. The van der Waals surface area contributed by atoms with E-state index in [-0.39, 0.29) is 18.7 Å². The van der Waals surface area contributed by atoms with E-state index in [1.54, 1.807) is 17.7 Å². The van der Waals surface area contributed by atoms with Crippen molar-refractivity contribution in [1.82, 2.24) is 9.29 Å². The van der Waals surface area contributed by atoms with Crippen LogP contribution in [-0.4, -0.2) is 47.1 Å². The Morgan fingerprint density at radius 2 is 2.30 bits per heavy atom. The lowest BCUT2D eigenvalue weighted by Gasteiger charge is -2.28. The van der Waals surface area contributed by atoms with E-state index in [1.165, 1.54) is 11.3 Å². The highest BCUT2D eigenvalue weighted by atomic mass is 32.2. The molecule has 8 heteroatoms. The van der Waals surface area contributed by atoms with Crippen LogP contribution < -0.4 is 0 Å². The zero-order valence-corrected chi connectivity index (χ0v) is 12.7. The van der Waals surface area contributed by atoms with Crippen molar-refractivity contribution in [3.63, 3.8) is 0 Å². The Kier molecular flexibility index (Phi) is 4.56. The molecule has 1 aliphatic rings. The summed E-state index contributed by atoms with van der Waals surface area (Å²) in [4.78, 5) is 16.2. The van der Waals surface area contributed by atoms with Gasteiger partial charge in [0.05, 0.1) is 17.0 Å². The summed E-state index contributed by atoms with van der Waals surface area (Å²) in [5, 5.41) is 9.12. The smallest absolute Gasteiger partial charge is 0.322 e. The molecule has 1 atom stereocenters. The normalized spacial score (nSPS) is 20.1. The third-order valence-electron chi connectivity index (χ3n) is 3.23. The lowest BCUT2D eigenvalue weighted by atomic mass is 10.1. The zero-order chi connectivity index (χ0) is 14.8. The van der Waals surface area contributed by atoms with Crippen LogP contribution in [0.25, 0.3) is 0 Å². The molecule has 0 aromatic carbocycles. The first-order valence-corrected chi connectivity index (χ1v) is 8.67. The van der Waals surface area contributed by atoms with Gasteiger partial charge in [-0.05, 0) is 19.8 Å². The molecule has 6 nitrogen and oxygen atoms in total. The molecule has 0 saturated heterocycles. The molecular formula is C12H16N2O4S2. The number of thiazole rings is 1. The van der Waals surface area contributed by atoms with Gasteiger partial charge in [0, 0.05) is 11.4 Å². The first-order chi connectivity index (χ1) is 9.42. The largest absolute Gasteiger partial charge is 0.480 e. The van der Waals surface area contributed by atoms with Crippen LogP contribution in [0, 0.1) is 6.92 Å². The van der Waals surface area contributed by atoms with Gasteiger partial charge in [0.15, 0.2) is 0 Å². The number of aryl methyl sites for hydroxylation is 2. The molecule has 0 bridgehead atoms. The zero-order valence-electron chi connectivity index (χ0n) is 11.0. The second-order valence-corrected chi connectivity index (χ2v) is 7.54. The fourth-order valence-electron chi connectivity index (χ4n) is 2.08. The maximum absolute atomic E-state index is 12.3. The number of aromatic nitrogens is 1. The van der Waals surface area contributed by atoms with Gasteiger partial charge in [-0.1, -0.05) is 12.2 Å². The predicted octanol–water partition coefficient (Wildman–Crippen LogP) is 1.04. The summed E-state index contributed by atoms with van der Waals surface area (Å²) in [5.41, 5.74) is 2.51. The summed E-state index contributed by atoms with van der Waals surface area (Å²) in [6.45, 7) is 1.96. The number of carboxylic acids is 1. The minimum atomic E-state index is -3.59. The van der Waals surface area contributed by atoms with Gasteiger partial charge in [-0.15, -0.1) is 11.3 Å². The molecule has 1 aromatic rings. The lowest BCUT2D eigenvalue weighted by Crippen LogP contribution is -2.47. The van der Waals surface area contributed by atoms with Crippen molar-refractivity contribution in [1.29, 1.82) is 0 Å². The second kappa shape index (κ2) is 6.02. The third-order valence-corrected chi connectivity index (χ3v) is 6.07. The first kappa shape index (κ1) is 15.1. The maximum atomic E-state index is 12.3. The van der Waals surface area contributed by atoms with Crippen molar-refractivity contribution in [2.75, 3.05) is 12.3 Å². The first-order valence-electron chi connectivity index (χ1n) is 6.18. The Hall–Kier alpha value is -1.25. The predicted molar refractivity (Wildman–Crippen MR) is 76.2 cm³/mol. The van der Waals surface area contributed by atoms with Crippen molar-refractivity contribution in [2.24, 2.45) is 0 Å². The van der Waals surface area contributed by atoms with Crippen molar-refractivity contribution in [3.05, 3.63) is 28.2 Å². The van der Waals surface area contributed by atoms with E-state index < -0.39 is 22.0 Å². The van der Waals surface area contributed by atoms with E-state index >= 15 is 0 Å². The number of carboxylic acid groups (broad SMARTS) is 1. The van der Waals surface area contributed by atoms with Crippen LogP contribution in [0.2, 0.25) is 0 Å². The molecule has 0 aliphatic carbocycles. The summed E-state index contributed by atoms with van der Waals surface area (Å²) in [6.07, 6.45) is 3.98. The third kappa shape index (κ3) is 3.25. The molecule has 110 valence electrons. The topological polar surface area (TPSA) is 87.6 Å². The fourth-order valence-corrected chi connectivity index (χ4v) is 4.57. The quantitative estimate of drug-likeness (QED) is 0.820. The van der Waals surface area contributed by atoms with Gasteiger partial charge in [0.2, 0.25) is 10.0 Å². The van der Waals surface area contributed by atoms with Crippen LogP contribution in [0.15, 0.2) is 17.7 Å². The maximum Gasteiger partial charge on any atom is 0.322 e. The summed E-state index contributed by atoms with van der Waals surface area (Å²) in [5.74, 6) is -1.19. The van der Waals surface area contributed by atoms with Gasteiger partial charge >= 0.3 is 5.97 Å². The minimum absolute atomic E-state index is 0.0896. The highest BCUT2D eigenvalue weighted by molar-refractivity contribution is 7.89. The van der Waals surface area contributed by atoms with Crippen LogP contribution in [0.4, 0.5) is 0 Å². The van der Waals surface area contributed by atoms with Gasteiger partial charge in [0.25, 0.3) is 0 Å². The minimum Gasteiger partial charge on any atom is -0.480 e. The molecule has 20 heavy (non-hydrogen) atoms. The van der Waals surface area contributed by atoms with Crippen LogP contribution in [0.3, 0.4) is 0 Å². The molecule has 0 amide bonds. The monoisotopic (exact) mass is 316 g/mol. The van der Waals surface area contributed by atoms with E-state index in [1.807, 2.05) is 6.92 Å². The highest BCUT2D eigenvalue weighted by Crippen LogP contribution is 2.19. The standard InChI is InChI=1S/C12H16N2O4S2/c1-9-11(19-8-13-9)5-7-20(17,18)14-6-3-2-4-10(14)12(15)16/h2-3,8,10H,4-7H2,1H3,(H,15,16). The van der Waals surface area contributed by atoms with Crippen LogP contribution >= 0.6 is 11.3 Å². The summed E-state index contributed by atoms with van der Waals surface area (Å²) in [6, 6.07) is -0.993. The van der Waals surface area contributed by atoms with Gasteiger partial charge in [-0.3, -0.25) is 4.79 Å². The summed E-state index contributed by atoms with van der Waals surface area (Å²) >= 11 is 1.42. The van der Waals surface area contributed by atoms with Gasteiger partial charge in [0.1, 0.15) is 6.04 Å². The van der Waals surface area contributed by atoms with Crippen molar-refractivity contribution < 1.29 is 18.3 Å². The Morgan fingerprint density at radius 3 is 2.90 bits per heavy atom. The number of rotatable bonds is 5. The fraction of sp³-hybridized carbons (Fsp3) is 0.500. The molecule has 1 aromatic heterocycles. The highest BCUT2D eigenvalue weighted by Gasteiger charge is 2.34. The molecule has 2 heterocycles. The number of hydrogen-bond donors (Lipinski definition) is 1. The Bertz CT molecular complexity index is 621. The molecule has 2 rings (SSSR count). The van der Waals surface area contributed by atoms with Crippen LogP contribution in [0.5, 0.6) is 0 Å². The Morgan fingerprint density at radius 1 is 1.55 bits per heavy atom. The van der Waals surface area contributed by atoms with Crippen molar-refractivity contribution >= 4 is 27.3 Å². The van der Waals surface area contributed by atoms with E-state index in [0.717, 1.165) is 14.9 Å². The molecule has 0 fully saturated rings. The van der Waals surface area contributed by atoms with E-state index in [0.29, 0.717) is 6.42 Å². The summed E-state index contributed by atoms with van der Waals surface area (Å²) in [7, 11) is -3.59. The molecule has 0 radical (unpaired) electrons. The van der Waals surface area contributed by atoms with Crippen molar-refractivity contribution in [3.8, 4) is 0 Å². The molecular weight excluding hydrogens is 300 g/mol. The number of aliphatic carboxylic acids is 1. The number of nitrogens with zero attached hydrogens (tertiary/aromatic N) is 2. The van der Waals surface area contributed by atoms with Crippen molar-refractivity contribution in [2.45, 2.75) is 25.8 Å². The van der Waals surface area contributed by atoms with Gasteiger partial charge in [-0.25, -0.2) is 13.4 Å². The van der Waals surface area contributed by atoms with E-state index in [2.05, 4.69) is 4.98 Å². The molecule has 1 unspecified atom stereocenters. The van der Waals surface area contributed by atoms with Gasteiger partial charge in [-0.2, -0.15) is 4.31 Å². The van der Waals surface area contributed by atoms with E-state index in [4.69, 9.17) is 5.11 Å². The number of carbonyl (C=O) groups is 1. The van der Waals surface area contributed by atoms with Crippen LogP contribution in [0.1, 0.15) is 17.0 Å². The molecule has 1 N–H and O–H groups in total. The van der Waals surface area contributed by atoms with Gasteiger partial charge < -0.3 is 5.11 Å². The average Bonchev–Trinajstić information content (AvgIpc) is 2.82. The second-order valence-electron chi connectivity index (χ2n) is 4.56. The van der Waals surface area contributed by atoms with E-state index in [9.17, 15) is 13.2 Å². The Balaban J connectivity index is 2.11. The molecule has 0 spiro atoms. The average molecular weight is 316 g/mol. The molecule has 0 saturated carbocycles. The number of hydrogen-bond acceptors (Lipinski definition) is 5. The van der Waals surface area contributed by atoms with Crippen LogP contribution in [-0.2, 0) is 21.2 Å². The SMILES string of the molecule is Cc1ncsc1CCS(=O)(=O)N1CC=CCC1C(=O)O. The number of sulfonamides is 1.